The number of carbonyl (C=O) groups excluding carboxylic acids is 1. The van der Waals surface area contributed by atoms with Gasteiger partial charge in [-0.2, -0.15) is 23.5 Å². The maximum atomic E-state index is 14.8. The summed E-state index contributed by atoms with van der Waals surface area (Å²) in [4.78, 5) is 46.8. The minimum atomic E-state index is -0.860. The molecule has 9 nitrogen and oxygen atoms in total. The van der Waals surface area contributed by atoms with Gasteiger partial charge in [0.15, 0.2) is 16.3 Å². The molecule has 3 aromatic carbocycles. The van der Waals surface area contributed by atoms with Gasteiger partial charge in [0.2, 0.25) is 0 Å². The number of anilines is 2. The molecule has 0 bridgehead atoms. The maximum absolute atomic E-state index is 14.8. The van der Waals surface area contributed by atoms with E-state index in [0.717, 1.165) is 9.92 Å². The number of para-hydroxylation sites is 2. The lowest BCUT2D eigenvalue weighted by Gasteiger charge is -2.20. The molecule has 0 spiro atoms. The number of imidazole rings is 1. The first-order valence-corrected chi connectivity index (χ1v) is 20.7. The summed E-state index contributed by atoms with van der Waals surface area (Å²) < 4.78 is 18.0. The van der Waals surface area contributed by atoms with Gasteiger partial charge in [-0.05, 0) is 92.2 Å². The Balaban J connectivity index is 1.60. The Morgan fingerprint density at radius 3 is 2.21 bits per heavy atom. The number of benzene rings is 3. The van der Waals surface area contributed by atoms with Gasteiger partial charge in [0, 0.05) is 42.5 Å². The van der Waals surface area contributed by atoms with Crippen molar-refractivity contribution < 1.29 is 19.1 Å². The number of halogens is 1. The first-order chi connectivity index (χ1) is 25.2. The molecule has 6 rings (SSSR count). The van der Waals surface area contributed by atoms with Crippen LogP contribution in [0.4, 0.5) is 15.8 Å². The molecule has 2 aliphatic rings. The second-order valence-electron chi connectivity index (χ2n) is 12.0. The van der Waals surface area contributed by atoms with E-state index in [1.54, 1.807) is 40.2 Å². The highest BCUT2D eigenvalue weighted by Crippen LogP contribution is 2.46. The zero-order chi connectivity index (χ0) is 36.8. The molecule has 1 fully saturated rings. The van der Waals surface area contributed by atoms with Crippen molar-refractivity contribution in [1.82, 2.24) is 14.0 Å². The van der Waals surface area contributed by atoms with Crippen molar-refractivity contribution in [1.29, 1.82) is 0 Å². The van der Waals surface area contributed by atoms with E-state index in [1.807, 2.05) is 93.6 Å². The zero-order valence-electron chi connectivity index (χ0n) is 28.7. The highest BCUT2D eigenvalue weighted by atomic mass is 32.2. The molecule has 52 heavy (non-hydrogen) atoms. The second-order valence-corrected chi connectivity index (χ2v) is 15.4. The molecule has 1 N–H and O–H groups in total. The highest BCUT2D eigenvalue weighted by molar-refractivity contribution is 8.03. The first kappa shape index (κ1) is 37.5. The smallest absolute Gasteiger partial charge is 0.303 e. The number of aliphatic carboxylic acids is 1. The standard InChI is InChI=1S/C38H38FN5O4S4/c1-50-23-21-41-29(17-19-32-40(20-10-9-15-33(45)46)30-25-26(39)16-18-31(30)52-32)36(47)43(27-11-5-3-6-12-27)35(41)34-37(48)44(28-13-7-4-8-14-28)38(49)42(34)22-24-51-2/h3-8,11-14,16-19,25H,9-10,15,20-24H2,1-2H3,(H,45,46). The predicted molar refractivity (Wildman–Crippen MR) is 216 cm³/mol. The lowest BCUT2D eigenvalue weighted by atomic mass is 10.2. The second kappa shape index (κ2) is 17.1. The van der Waals surface area contributed by atoms with Crippen LogP contribution in [0.3, 0.4) is 0 Å². The molecule has 270 valence electrons. The Kier molecular flexibility index (Phi) is 12.3. The van der Waals surface area contributed by atoms with Gasteiger partial charge in [-0.3, -0.25) is 23.9 Å². The van der Waals surface area contributed by atoms with Crippen molar-refractivity contribution in [3.05, 3.63) is 117 Å². The monoisotopic (exact) mass is 775 g/mol. The van der Waals surface area contributed by atoms with Gasteiger partial charge in [0.05, 0.1) is 22.1 Å². The van der Waals surface area contributed by atoms with Crippen molar-refractivity contribution in [2.45, 2.75) is 30.7 Å². The van der Waals surface area contributed by atoms with Gasteiger partial charge in [0.1, 0.15) is 11.2 Å². The van der Waals surface area contributed by atoms with Crippen molar-refractivity contribution in [3.8, 4) is 5.69 Å². The highest BCUT2D eigenvalue weighted by Gasteiger charge is 2.41. The van der Waals surface area contributed by atoms with Crippen LogP contribution in [-0.2, 0) is 16.1 Å². The lowest BCUT2D eigenvalue weighted by Crippen LogP contribution is -2.38. The molecule has 1 aromatic heterocycles. The summed E-state index contributed by atoms with van der Waals surface area (Å²) in [7, 11) is 0. The average molecular weight is 776 g/mol. The van der Waals surface area contributed by atoms with Gasteiger partial charge in [0.25, 0.3) is 11.5 Å². The minimum Gasteiger partial charge on any atom is -0.481 e. The molecular weight excluding hydrogens is 738 g/mol. The van der Waals surface area contributed by atoms with Gasteiger partial charge >= 0.3 is 5.97 Å². The first-order valence-electron chi connectivity index (χ1n) is 16.7. The third-order valence-electron chi connectivity index (χ3n) is 8.66. The third kappa shape index (κ3) is 7.75. The number of amides is 1. The van der Waals surface area contributed by atoms with Gasteiger partial charge in [-0.15, -0.1) is 0 Å². The molecular formula is C38H38FN5O4S4. The van der Waals surface area contributed by atoms with Crippen molar-refractivity contribution in [2.75, 3.05) is 46.9 Å². The van der Waals surface area contributed by atoms with E-state index in [-0.39, 0.29) is 23.7 Å². The van der Waals surface area contributed by atoms with Crippen molar-refractivity contribution in [2.24, 2.45) is 0 Å². The number of carboxylic acids is 1. The zero-order valence-corrected chi connectivity index (χ0v) is 32.0. The van der Waals surface area contributed by atoms with Crippen LogP contribution in [0.25, 0.3) is 17.5 Å². The summed E-state index contributed by atoms with van der Waals surface area (Å²) in [5.74, 6) is -0.172. The number of hydrogen-bond acceptors (Lipinski definition) is 8. The molecule has 14 heteroatoms. The molecule has 2 aliphatic heterocycles. The van der Waals surface area contributed by atoms with Crippen molar-refractivity contribution in [3.63, 3.8) is 0 Å². The van der Waals surface area contributed by atoms with E-state index in [0.29, 0.717) is 82.7 Å². The summed E-state index contributed by atoms with van der Waals surface area (Å²) in [5.41, 5.74) is 2.43. The van der Waals surface area contributed by atoms with Crippen molar-refractivity contribution >= 4 is 87.6 Å². The Morgan fingerprint density at radius 2 is 1.54 bits per heavy atom. The van der Waals surface area contributed by atoms with E-state index in [4.69, 9.17) is 17.3 Å². The summed E-state index contributed by atoms with van der Waals surface area (Å²) >= 11 is 10.7. The fourth-order valence-electron chi connectivity index (χ4n) is 6.24. The summed E-state index contributed by atoms with van der Waals surface area (Å²) in [6.07, 6.45) is 8.74. The quantitative estimate of drug-likeness (QED) is 0.127. The molecule has 0 aliphatic carbocycles. The Hall–Kier alpha value is -4.24. The van der Waals surface area contributed by atoms with Gasteiger partial charge in [-0.1, -0.05) is 48.2 Å². The summed E-state index contributed by atoms with van der Waals surface area (Å²) in [6.45, 7) is 1.38. The summed E-state index contributed by atoms with van der Waals surface area (Å²) in [5, 5.41) is 10.7. The van der Waals surface area contributed by atoms with E-state index < -0.39 is 5.97 Å². The molecule has 4 aromatic rings. The van der Waals surface area contributed by atoms with Crippen LogP contribution in [0.1, 0.15) is 19.3 Å². The van der Waals surface area contributed by atoms with Crippen LogP contribution in [0.5, 0.6) is 0 Å². The maximum Gasteiger partial charge on any atom is 0.303 e. The fraction of sp³-hybridized carbons (Fsp3) is 0.263. The lowest BCUT2D eigenvalue weighted by molar-refractivity contribution is -0.137. The number of allylic oxidation sites excluding steroid dienone is 1. The largest absolute Gasteiger partial charge is 0.481 e. The number of carbonyl (C=O) groups is 2. The normalized spacial score (nSPS) is 16.5. The molecule has 0 radical (unpaired) electrons. The number of rotatable bonds is 14. The molecule has 0 atom stereocenters. The number of unbranched alkanes of at least 4 members (excludes halogenated alkanes) is 1. The van der Waals surface area contributed by atoms with E-state index in [2.05, 4.69) is 0 Å². The number of carboxylic acid groups (broad SMARTS) is 1. The van der Waals surface area contributed by atoms with Crippen LogP contribution >= 0.6 is 47.5 Å². The van der Waals surface area contributed by atoms with E-state index in [1.165, 1.54) is 28.8 Å². The Morgan fingerprint density at radius 1 is 0.865 bits per heavy atom. The number of nitrogens with zero attached hydrogens (tertiary/aromatic N) is 5. The van der Waals surface area contributed by atoms with Crippen LogP contribution in [-0.4, -0.2) is 73.2 Å². The van der Waals surface area contributed by atoms with E-state index >= 15 is 0 Å². The average Bonchev–Trinajstić information content (AvgIpc) is 3.71. The minimum absolute atomic E-state index is 0.0452. The number of thioether (sulfide) groups is 3. The Labute approximate surface area is 319 Å². The van der Waals surface area contributed by atoms with Gasteiger partial charge in [-0.25, -0.2) is 4.39 Å². The SMILES string of the molecule is CSCCN1C(=S)N(c2ccccc2)C(=O)C1=c1n(CCSC)c(=CC=C2Sc3ccc(F)cc3N2CCCCC(=O)O)c(=O)n1-c1ccccc1. The topological polar surface area (TPSA) is 91.0 Å². The molecule has 0 unspecified atom stereocenters. The molecule has 1 saturated heterocycles. The van der Waals surface area contributed by atoms with Crippen LogP contribution in [0, 0.1) is 5.82 Å². The molecule has 3 heterocycles. The number of thiocarbonyl (C=S) groups is 1. The number of fused-ring (bicyclic) bond motifs is 1. The van der Waals surface area contributed by atoms with Crippen LogP contribution < -0.4 is 26.2 Å². The number of hydrogen-bond donors (Lipinski definition) is 1. The molecule has 1 amide bonds. The van der Waals surface area contributed by atoms with E-state index in [9.17, 15) is 18.8 Å². The van der Waals surface area contributed by atoms with Crippen LogP contribution in [0.2, 0.25) is 0 Å². The van der Waals surface area contributed by atoms with Gasteiger partial charge < -0.3 is 19.5 Å². The molecule has 0 saturated carbocycles. The van der Waals surface area contributed by atoms with Crippen LogP contribution in [0.15, 0.2) is 99.7 Å². The third-order valence-corrected chi connectivity index (χ3v) is 11.4. The fourth-order valence-corrected chi connectivity index (χ4v) is 8.41. The summed E-state index contributed by atoms with van der Waals surface area (Å²) in [6, 6.07) is 23.2. The number of aromatic nitrogens is 2. The Bertz CT molecular complexity index is 2190. The predicted octanol–water partition coefficient (Wildman–Crippen LogP) is 5.74.